The zero-order valence-electron chi connectivity index (χ0n) is 12.5. The molecule has 0 saturated heterocycles. The first kappa shape index (κ1) is 18.9. The number of ether oxygens (including phenoxy) is 2. The van der Waals surface area contributed by atoms with Gasteiger partial charge in [-0.1, -0.05) is 0 Å². The highest BCUT2D eigenvalue weighted by Gasteiger charge is 2.31. The van der Waals surface area contributed by atoms with E-state index in [1.165, 1.54) is 24.3 Å². The zero-order valence-corrected chi connectivity index (χ0v) is 14.9. The van der Waals surface area contributed by atoms with Crippen molar-refractivity contribution >= 4 is 27.9 Å². The van der Waals surface area contributed by atoms with Gasteiger partial charge < -0.3 is 14.8 Å². The maximum Gasteiger partial charge on any atom is 0.573 e. The van der Waals surface area contributed by atoms with Gasteiger partial charge in [-0.15, -0.1) is 13.2 Å². The van der Waals surface area contributed by atoms with Crippen molar-refractivity contribution < 1.29 is 22.6 Å². The van der Waals surface area contributed by atoms with E-state index in [4.69, 9.17) is 9.88 Å². The Bertz CT molecular complexity index is 696. The fourth-order valence-electron chi connectivity index (χ4n) is 1.93. The van der Waals surface area contributed by atoms with Crippen molar-refractivity contribution in [2.24, 2.45) is 5.14 Å². The van der Waals surface area contributed by atoms with Crippen molar-refractivity contribution in [1.29, 1.82) is 0 Å². The second-order valence-electron chi connectivity index (χ2n) is 4.66. The van der Waals surface area contributed by atoms with Crippen LogP contribution in [0.5, 0.6) is 17.2 Å². The molecule has 0 bridgehead atoms. The largest absolute Gasteiger partial charge is 0.573 e. The fraction of sp³-hybridized carbons (Fsp3) is 0.200. The average molecular weight is 423 g/mol. The molecular formula is C15H14BrF3N2O2S. The predicted molar refractivity (Wildman–Crippen MR) is 90.1 cm³/mol. The van der Waals surface area contributed by atoms with Gasteiger partial charge in [-0.2, -0.15) is 0 Å². The van der Waals surface area contributed by atoms with Crippen molar-refractivity contribution in [2.75, 3.05) is 7.05 Å². The molecule has 0 heterocycles. The second kappa shape index (κ2) is 8.11. The van der Waals surface area contributed by atoms with Gasteiger partial charge in [0, 0.05) is 21.5 Å². The van der Waals surface area contributed by atoms with E-state index in [2.05, 4.69) is 26.0 Å². The topological polar surface area (TPSA) is 56.5 Å². The van der Waals surface area contributed by atoms with Gasteiger partial charge in [0.15, 0.2) is 0 Å². The molecule has 0 aliphatic rings. The molecule has 0 amide bonds. The molecule has 9 heteroatoms. The number of hydrogen-bond acceptors (Lipinski definition) is 5. The number of rotatable bonds is 6. The molecule has 4 nitrogen and oxygen atoms in total. The van der Waals surface area contributed by atoms with Gasteiger partial charge in [-0.05, 0) is 71.3 Å². The zero-order chi connectivity index (χ0) is 17.7. The summed E-state index contributed by atoms with van der Waals surface area (Å²) in [6, 6.07) is 8.84. The lowest BCUT2D eigenvalue weighted by Crippen LogP contribution is -2.16. The van der Waals surface area contributed by atoms with Crippen LogP contribution in [0.3, 0.4) is 0 Å². The third kappa shape index (κ3) is 5.30. The Kier molecular flexibility index (Phi) is 6.39. The first-order valence-corrected chi connectivity index (χ1v) is 8.37. The van der Waals surface area contributed by atoms with E-state index >= 15 is 0 Å². The minimum absolute atomic E-state index is 0.304. The average Bonchev–Trinajstić information content (AvgIpc) is 2.50. The number of benzene rings is 2. The SMILES string of the molecule is CNCc1cc(SN)c(Br)cc1Oc1ccc(OC(F)(F)F)cc1. The summed E-state index contributed by atoms with van der Waals surface area (Å²) in [5.74, 6) is 0.654. The lowest BCUT2D eigenvalue weighted by Gasteiger charge is -2.14. The normalized spacial score (nSPS) is 11.4. The Morgan fingerprint density at radius 1 is 1.17 bits per heavy atom. The van der Waals surface area contributed by atoms with Gasteiger partial charge in [0.2, 0.25) is 0 Å². The quantitative estimate of drug-likeness (QED) is 0.653. The summed E-state index contributed by atoms with van der Waals surface area (Å²) in [6.07, 6.45) is -4.72. The third-order valence-corrected chi connectivity index (χ3v) is 4.40. The Morgan fingerprint density at radius 2 is 1.79 bits per heavy atom. The van der Waals surface area contributed by atoms with Crippen LogP contribution in [0.1, 0.15) is 5.56 Å². The Hall–Kier alpha value is -1.42. The summed E-state index contributed by atoms with van der Waals surface area (Å²) in [7, 11) is 1.80. The Labute approximate surface area is 149 Å². The minimum Gasteiger partial charge on any atom is -0.457 e. The number of nitrogens with two attached hydrogens (primary N) is 1. The predicted octanol–water partition coefficient (Wildman–Crippen LogP) is 4.83. The molecule has 0 aliphatic carbocycles. The van der Waals surface area contributed by atoms with Crippen LogP contribution < -0.4 is 19.9 Å². The van der Waals surface area contributed by atoms with Gasteiger partial charge in [-0.25, -0.2) is 0 Å². The van der Waals surface area contributed by atoms with E-state index in [9.17, 15) is 13.2 Å². The lowest BCUT2D eigenvalue weighted by atomic mass is 10.2. The molecule has 0 aromatic heterocycles. The van der Waals surface area contributed by atoms with Gasteiger partial charge in [-0.3, -0.25) is 5.14 Å². The molecule has 0 spiro atoms. The van der Waals surface area contributed by atoms with Gasteiger partial charge in [0.05, 0.1) is 0 Å². The molecule has 130 valence electrons. The summed E-state index contributed by atoms with van der Waals surface area (Å²) in [5.41, 5.74) is 0.865. The summed E-state index contributed by atoms with van der Waals surface area (Å²) >= 11 is 4.51. The number of halogens is 4. The summed E-state index contributed by atoms with van der Waals surface area (Å²) in [5, 5.41) is 8.63. The third-order valence-electron chi connectivity index (χ3n) is 2.89. The van der Waals surface area contributed by atoms with E-state index in [1.54, 1.807) is 13.1 Å². The number of alkyl halides is 3. The van der Waals surface area contributed by atoms with E-state index in [1.807, 2.05) is 6.07 Å². The smallest absolute Gasteiger partial charge is 0.457 e. The molecule has 0 saturated carbocycles. The monoisotopic (exact) mass is 422 g/mol. The highest BCUT2D eigenvalue weighted by Crippen LogP contribution is 2.35. The molecule has 24 heavy (non-hydrogen) atoms. The molecule has 2 rings (SSSR count). The second-order valence-corrected chi connectivity index (χ2v) is 6.19. The van der Waals surface area contributed by atoms with E-state index in [0.717, 1.165) is 26.9 Å². The van der Waals surface area contributed by atoms with Crippen LogP contribution in [-0.4, -0.2) is 13.4 Å². The maximum atomic E-state index is 12.2. The molecule has 3 N–H and O–H groups in total. The van der Waals surface area contributed by atoms with Crippen LogP contribution in [0, 0.1) is 0 Å². The number of nitrogens with one attached hydrogen (secondary N) is 1. The van der Waals surface area contributed by atoms with Crippen LogP contribution in [0.15, 0.2) is 45.8 Å². The van der Waals surface area contributed by atoms with Crippen molar-refractivity contribution in [3.05, 3.63) is 46.4 Å². The van der Waals surface area contributed by atoms with Crippen LogP contribution >= 0.6 is 27.9 Å². The molecule has 0 aliphatic heterocycles. The van der Waals surface area contributed by atoms with E-state index < -0.39 is 6.36 Å². The van der Waals surface area contributed by atoms with Crippen molar-refractivity contribution in [3.63, 3.8) is 0 Å². The summed E-state index contributed by atoms with van der Waals surface area (Å²) in [4.78, 5) is 0.849. The van der Waals surface area contributed by atoms with Gasteiger partial charge in [0.25, 0.3) is 0 Å². The Balaban J connectivity index is 2.22. The highest BCUT2D eigenvalue weighted by atomic mass is 79.9. The summed E-state index contributed by atoms with van der Waals surface area (Å²) < 4.78 is 46.9. The molecule has 2 aromatic carbocycles. The van der Waals surface area contributed by atoms with Crippen LogP contribution in [-0.2, 0) is 6.54 Å². The van der Waals surface area contributed by atoms with Crippen LogP contribution in [0.25, 0.3) is 0 Å². The van der Waals surface area contributed by atoms with Crippen molar-refractivity contribution in [3.8, 4) is 17.2 Å². The minimum atomic E-state index is -4.72. The van der Waals surface area contributed by atoms with Crippen LogP contribution in [0.4, 0.5) is 13.2 Å². The standard InChI is InChI=1S/C15H14BrF3N2O2S/c1-21-8-9-6-14(24-20)12(16)7-13(9)22-10-2-4-11(5-3-10)23-15(17,18)19/h2-7,21H,8,20H2,1H3. The maximum absolute atomic E-state index is 12.2. The molecule has 0 unspecified atom stereocenters. The molecule has 2 aromatic rings. The highest BCUT2D eigenvalue weighted by molar-refractivity contribution is 9.10. The Morgan fingerprint density at radius 3 is 2.33 bits per heavy atom. The molecule has 0 radical (unpaired) electrons. The van der Waals surface area contributed by atoms with Gasteiger partial charge >= 0.3 is 6.36 Å². The van der Waals surface area contributed by atoms with E-state index in [-0.39, 0.29) is 5.75 Å². The van der Waals surface area contributed by atoms with Crippen LogP contribution in [0.2, 0.25) is 0 Å². The van der Waals surface area contributed by atoms with E-state index in [0.29, 0.717) is 18.0 Å². The molecule has 0 atom stereocenters. The first-order chi connectivity index (χ1) is 11.3. The molecule has 0 fully saturated rings. The fourth-order valence-corrected chi connectivity index (χ4v) is 2.91. The lowest BCUT2D eigenvalue weighted by molar-refractivity contribution is -0.274. The van der Waals surface area contributed by atoms with Gasteiger partial charge in [0.1, 0.15) is 17.2 Å². The summed E-state index contributed by atoms with van der Waals surface area (Å²) in [6.45, 7) is 0.547. The molecular weight excluding hydrogens is 409 g/mol. The van der Waals surface area contributed by atoms with Crippen molar-refractivity contribution in [1.82, 2.24) is 5.32 Å². The van der Waals surface area contributed by atoms with Crippen molar-refractivity contribution in [2.45, 2.75) is 17.8 Å². The number of hydrogen-bond donors (Lipinski definition) is 2. The first-order valence-electron chi connectivity index (χ1n) is 6.70.